The number of methoxy groups -OCH3 is 1. The minimum atomic E-state index is -2.94. The Kier molecular flexibility index (Phi) is 6.51. The quantitative estimate of drug-likeness (QED) is 0.516. The zero-order valence-corrected chi connectivity index (χ0v) is 16.3. The molecule has 0 atom stereocenters. The number of benzene rings is 2. The lowest BCUT2D eigenvalue weighted by atomic mass is 9.95. The van der Waals surface area contributed by atoms with E-state index in [1.54, 1.807) is 25.2 Å². The largest absolute Gasteiger partial charge is 0.493 e. The predicted molar refractivity (Wildman–Crippen MR) is 105 cm³/mol. The van der Waals surface area contributed by atoms with Crippen LogP contribution in [0.4, 0.5) is 13.2 Å². The standard InChI is InChI=1S/C21H24F3N3O2/c1-25-20(27-13-21(9-10-21)15-5-3-4-6-16(15)22)26-12-14-7-8-17(28-2)18(11-14)29-19(23)24/h3-8,11,19H,9-10,12-13H2,1-2H3,(H2,25,26,27). The van der Waals surface area contributed by atoms with Gasteiger partial charge in [0.2, 0.25) is 0 Å². The molecule has 2 aromatic rings. The number of hydrogen-bond donors (Lipinski definition) is 2. The molecule has 8 heteroatoms. The molecule has 0 bridgehead atoms. The van der Waals surface area contributed by atoms with Gasteiger partial charge in [-0.3, -0.25) is 4.99 Å². The zero-order valence-electron chi connectivity index (χ0n) is 16.3. The molecule has 0 heterocycles. The Morgan fingerprint density at radius 2 is 1.90 bits per heavy atom. The maximum absolute atomic E-state index is 14.1. The Morgan fingerprint density at radius 1 is 1.14 bits per heavy atom. The second kappa shape index (κ2) is 9.07. The molecule has 0 amide bonds. The smallest absolute Gasteiger partial charge is 0.387 e. The van der Waals surface area contributed by atoms with Crippen LogP contribution in [0, 0.1) is 5.82 Å². The van der Waals surface area contributed by atoms with Crippen molar-refractivity contribution < 1.29 is 22.6 Å². The monoisotopic (exact) mass is 407 g/mol. The summed E-state index contributed by atoms with van der Waals surface area (Å²) in [5.74, 6) is 0.553. The number of nitrogens with one attached hydrogen (secondary N) is 2. The van der Waals surface area contributed by atoms with E-state index >= 15 is 0 Å². The molecule has 1 fully saturated rings. The summed E-state index contributed by atoms with van der Waals surface area (Å²) in [6.07, 6.45) is 1.81. The van der Waals surface area contributed by atoms with Crippen LogP contribution >= 0.6 is 0 Å². The Hall–Kier alpha value is -2.90. The highest BCUT2D eigenvalue weighted by atomic mass is 19.3. The highest BCUT2D eigenvalue weighted by molar-refractivity contribution is 5.79. The van der Waals surface area contributed by atoms with Gasteiger partial charge in [-0.1, -0.05) is 24.3 Å². The Balaban J connectivity index is 1.59. The number of guanidine groups is 1. The van der Waals surface area contributed by atoms with Gasteiger partial charge in [0, 0.05) is 25.6 Å². The minimum absolute atomic E-state index is 0.0266. The number of halogens is 3. The molecule has 1 aliphatic carbocycles. The molecular formula is C21H24F3N3O2. The van der Waals surface area contributed by atoms with E-state index in [2.05, 4.69) is 20.4 Å². The number of aliphatic imine (C=N–C) groups is 1. The molecule has 2 N–H and O–H groups in total. The van der Waals surface area contributed by atoms with E-state index in [0.29, 0.717) is 24.6 Å². The van der Waals surface area contributed by atoms with Gasteiger partial charge in [-0.2, -0.15) is 8.78 Å². The summed E-state index contributed by atoms with van der Waals surface area (Å²) in [5, 5.41) is 6.37. The van der Waals surface area contributed by atoms with E-state index in [1.165, 1.54) is 19.2 Å². The molecule has 0 unspecified atom stereocenters. The van der Waals surface area contributed by atoms with Crippen LogP contribution in [-0.4, -0.2) is 33.3 Å². The number of rotatable bonds is 8. The first kappa shape index (κ1) is 20.8. The maximum atomic E-state index is 14.1. The van der Waals surface area contributed by atoms with Crippen LogP contribution in [0.1, 0.15) is 24.0 Å². The number of alkyl halides is 2. The van der Waals surface area contributed by atoms with E-state index in [1.807, 2.05) is 12.1 Å². The molecule has 2 aromatic carbocycles. The minimum Gasteiger partial charge on any atom is -0.493 e. The summed E-state index contributed by atoms with van der Waals surface area (Å²) in [6, 6.07) is 11.6. The summed E-state index contributed by atoms with van der Waals surface area (Å²) < 4.78 is 48.8. The fourth-order valence-corrected chi connectivity index (χ4v) is 3.26. The maximum Gasteiger partial charge on any atom is 0.387 e. The van der Waals surface area contributed by atoms with E-state index in [0.717, 1.165) is 18.4 Å². The lowest BCUT2D eigenvalue weighted by Crippen LogP contribution is -2.41. The topological polar surface area (TPSA) is 54.9 Å². The van der Waals surface area contributed by atoms with Crippen molar-refractivity contribution in [3.05, 3.63) is 59.4 Å². The van der Waals surface area contributed by atoms with Gasteiger partial charge in [-0.15, -0.1) is 0 Å². The lowest BCUT2D eigenvalue weighted by molar-refractivity contribution is -0.0512. The van der Waals surface area contributed by atoms with Gasteiger partial charge < -0.3 is 20.1 Å². The average Bonchev–Trinajstić information content (AvgIpc) is 3.49. The first-order valence-electron chi connectivity index (χ1n) is 9.29. The van der Waals surface area contributed by atoms with Crippen LogP contribution in [0.3, 0.4) is 0 Å². The second-order valence-electron chi connectivity index (χ2n) is 6.90. The molecule has 5 nitrogen and oxygen atoms in total. The molecule has 3 rings (SSSR count). The predicted octanol–water partition coefficient (Wildman–Crippen LogP) is 3.83. The van der Waals surface area contributed by atoms with Gasteiger partial charge in [0.25, 0.3) is 0 Å². The molecule has 0 aromatic heterocycles. The number of hydrogen-bond acceptors (Lipinski definition) is 3. The van der Waals surface area contributed by atoms with Gasteiger partial charge in [0.05, 0.1) is 7.11 Å². The fourth-order valence-electron chi connectivity index (χ4n) is 3.26. The highest BCUT2D eigenvalue weighted by Gasteiger charge is 2.45. The van der Waals surface area contributed by atoms with Crippen LogP contribution in [0.25, 0.3) is 0 Å². The van der Waals surface area contributed by atoms with Crippen LogP contribution in [-0.2, 0) is 12.0 Å². The molecule has 0 saturated heterocycles. The van der Waals surface area contributed by atoms with Gasteiger partial charge in [0.15, 0.2) is 17.5 Å². The SMILES string of the molecule is CN=C(NCc1ccc(OC)c(OC(F)F)c1)NCC1(c2ccccc2F)CC1. The van der Waals surface area contributed by atoms with Crippen LogP contribution in [0.5, 0.6) is 11.5 Å². The van der Waals surface area contributed by atoms with Crippen molar-refractivity contribution in [1.82, 2.24) is 10.6 Å². The molecule has 0 spiro atoms. The third-order valence-corrected chi connectivity index (χ3v) is 5.02. The van der Waals surface area contributed by atoms with Crippen molar-refractivity contribution in [2.75, 3.05) is 20.7 Å². The van der Waals surface area contributed by atoms with Crippen molar-refractivity contribution in [1.29, 1.82) is 0 Å². The van der Waals surface area contributed by atoms with Crippen molar-refractivity contribution in [3.63, 3.8) is 0 Å². The van der Waals surface area contributed by atoms with Crippen molar-refractivity contribution in [2.24, 2.45) is 4.99 Å². The van der Waals surface area contributed by atoms with E-state index < -0.39 is 6.61 Å². The first-order chi connectivity index (χ1) is 14.0. The fraction of sp³-hybridized carbons (Fsp3) is 0.381. The third kappa shape index (κ3) is 5.13. The average molecular weight is 407 g/mol. The molecule has 0 aliphatic heterocycles. The summed E-state index contributed by atoms with van der Waals surface area (Å²) in [4.78, 5) is 4.18. The van der Waals surface area contributed by atoms with Gasteiger partial charge in [-0.25, -0.2) is 4.39 Å². The Morgan fingerprint density at radius 3 is 2.52 bits per heavy atom. The van der Waals surface area contributed by atoms with Gasteiger partial charge in [-0.05, 0) is 42.2 Å². The van der Waals surface area contributed by atoms with Crippen LogP contribution in [0.2, 0.25) is 0 Å². The summed E-state index contributed by atoms with van der Waals surface area (Å²) in [5.41, 5.74) is 1.22. The molecule has 156 valence electrons. The Bertz CT molecular complexity index is 870. The van der Waals surface area contributed by atoms with Crippen LogP contribution in [0.15, 0.2) is 47.5 Å². The van der Waals surface area contributed by atoms with E-state index in [-0.39, 0.29) is 22.7 Å². The summed E-state index contributed by atoms with van der Waals surface area (Å²) >= 11 is 0. The molecule has 0 radical (unpaired) electrons. The summed E-state index contributed by atoms with van der Waals surface area (Å²) in [7, 11) is 3.03. The zero-order chi connectivity index (χ0) is 20.9. The van der Waals surface area contributed by atoms with E-state index in [9.17, 15) is 13.2 Å². The highest BCUT2D eigenvalue weighted by Crippen LogP contribution is 2.48. The van der Waals surface area contributed by atoms with Crippen molar-refractivity contribution in [3.8, 4) is 11.5 Å². The summed E-state index contributed by atoms with van der Waals surface area (Å²) in [6.45, 7) is -2.04. The van der Waals surface area contributed by atoms with Crippen molar-refractivity contribution in [2.45, 2.75) is 31.4 Å². The second-order valence-corrected chi connectivity index (χ2v) is 6.90. The Labute approximate surface area is 167 Å². The number of ether oxygens (including phenoxy) is 2. The number of nitrogens with zero attached hydrogens (tertiary/aromatic N) is 1. The van der Waals surface area contributed by atoms with Gasteiger partial charge >= 0.3 is 6.61 Å². The molecule has 29 heavy (non-hydrogen) atoms. The normalized spacial score (nSPS) is 15.2. The molecule has 1 aliphatic rings. The lowest BCUT2D eigenvalue weighted by Gasteiger charge is -2.20. The molecule has 1 saturated carbocycles. The third-order valence-electron chi connectivity index (χ3n) is 5.02. The van der Waals surface area contributed by atoms with Gasteiger partial charge in [0.1, 0.15) is 5.82 Å². The first-order valence-corrected chi connectivity index (χ1v) is 9.29. The van der Waals surface area contributed by atoms with E-state index in [4.69, 9.17) is 4.74 Å². The van der Waals surface area contributed by atoms with Crippen molar-refractivity contribution >= 4 is 5.96 Å². The molecular weight excluding hydrogens is 383 g/mol. The van der Waals surface area contributed by atoms with Crippen LogP contribution < -0.4 is 20.1 Å².